The van der Waals surface area contributed by atoms with Crippen LogP contribution in [0, 0.1) is 12.3 Å². The summed E-state index contributed by atoms with van der Waals surface area (Å²) >= 11 is 0. The van der Waals surface area contributed by atoms with E-state index in [-0.39, 0.29) is 5.91 Å². The summed E-state index contributed by atoms with van der Waals surface area (Å²) in [7, 11) is 1.91. The summed E-state index contributed by atoms with van der Waals surface area (Å²) in [5, 5.41) is 0. The van der Waals surface area contributed by atoms with Crippen LogP contribution in [-0.2, 0) is 0 Å². The van der Waals surface area contributed by atoms with Crippen LogP contribution in [0.25, 0.3) is 0 Å². The van der Waals surface area contributed by atoms with Gasteiger partial charge in [-0.05, 0) is 55.7 Å². The van der Waals surface area contributed by atoms with Gasteiger partial charge in [0.15, 0.2) is 0 Å². The Hall–Kier alpha value is -1.55. The van der Waals surface area contributed by atoms with Gasteiger partial charge < -0.3 is 10.3 Å². The molecule has 3 N–H and O–H groups in total. The van der Waals surface area contributed by atoms with Gasteiger partial charge in [-0.2, -0.15) is 0 Å². The Morgan fingerprint density at radius 1 is 1.33 bits per heavy atom. The van der Waals surface area contributed by atoms with E-state index in [0.717, 1.165) is 18.4 Å². The molecule has 0 unspecified atom stereocenters. The van der Waals surface area contributed by atoms with E-state index in [9.17, 15) is 4.79 Å². The highest BCUT2D eigenvalue weighted by Crippen LogP contribution is 2.37. The first-order valence-corrected chi connectivity index (χ1v) is 7.68. The molecular weight excluding hydrogens is 262 g/mol. The van der Waals surface area contributed by atoms with Crippen LogP contribution in [0.5, 0.6) is 0 Å². The molecule has 1 saturated carbocycles. The molecule has 0 radical (unpaired) electrons. The van der Waals surface area contributed by atoms with Gasteiger partial charge in [0.25, 0.3) is 5.91 Å². The van der Waals surface area contributed by atoms with Crippen LogP contribution >= 0.6 is 0 Å². The van der Waals surface area contributed by atoms with Gasteiger partial charge in [0, 0.05) is 13.1 Å². The minimum Gasteiger partial charge on any atom is -0.339 e. The molecular formula is C17H27N3O. The highest BCUT2D eigenvalue weighted by atomic mass is 16.2. The Morgan fingerprint density at radius 3 is 2.52 bits per heavy atom. The van der Waals surface area contributed by atoms with E-state index >= 15 is 0 Å². The molecule has 0 atom stereocenters. The Morgan fingerprint density at radius 2 is 1.95 bits per heavy atom. The zero-order chi connectivity index (χ0) is 15.6. The zero-order valence-corrected chi connectivity index (χ0v) is 13.6. The smallest absolute Gasteiger partial charge is 0.255 e. The van der Waals surface area contributed by atoms with E-state index in [1.165, 1.54) is 12.8 Å². The van der Waals surface area contributed by atoms with Gasteiger partial charge in [0.2, 0.25) is 0 Å². The number of hydrogen-bond acceptors (Lipinski definition) is 3. The molecule has 0 bridgehead atoms. The van der Waals surface area contributed by atoms with Crippen LogP contribution in [0.3, 0.4) is 0 Å². The van der Waals surface area contributed by atoms with E-state index in [1.54, 1.807) is 0 Å². The third kappa shape index (κ3) is 3.56. The largest absolute Gasteiger partial charge is 0.339 e. The van der Waals surface area contributed by atoms with E-state index in [1.807, 2.05) is 37.1 Å². The predicted molar refractivity (Wildman–Crippen MR) is 87.1 cm³/mol. The summed E-state index contributed by atoms with van der Waals surface area (Å²) in [6, 6.07) is 6.05. The van der Waals surface area contributed by atoms with Gasteiger partial charge in [-0.1, -0.05) is 19.9 Å². The number of hydrazine groups is 1. The molecule has 0 heterocycles. The summed E-state index contributed by atoms with van der Waals surface area (Å²) in [5.41, 5.74) is 5.48. The molecule has 1 aromatic rings. The Labute approximate surface area is 127 Å². The van der Waals surface area contributed by atoms with Gasteiger partial charge in [-0.3, -0.25) is 10.6 Å². The number of benzene rings is 1. The number of anilines is 1. The topological polar surface area (TPSA) is 58.4 Å². The number of nitrogens with two attached hydrogens (primary N) is 1. The molecule has 1 aromatic carbocycles. The van der Waals surface area contributed by atoms with Crippen LogP contribution in [0.1, 0.15) is 55.5 Å². The monoisotopic (exact) mass is 289 g/mol. The minimum absolute atomic E-state index is 0.0488. The predicted octanol–water partition coefficient (Wildman–Crippen LogP) is 3.32. The van der Waals surface area contributed by atoms with Crippen LogP contribution < -0.4 is 11.3 Å². The molecule has 0 aromatic heterocycles. The molecule has 21 heavy (non-hydrogen) atoms. The van der Waals surface area contributed by atoms with Crippen molar-refractivity contribution in [2.45, 2.75) is 52.5 Å². The molecule has 4 nitrogen and oxygen atoms in total. The molecule has 0 aliphatic heterocycles. The SMILES string of the molecule is Cc1ccc(C(=O)N(C)C2CCC(C)(C)CC2)c(NN)c1. The number of carbonyl (C=O) groups excluding carboxylic acids is 1. The Balaban J connectivity index is 2.13. The van der Waals surface area contributed by atoms with E-state index in [0.29, 0.717) is 22.7 Å². The third-order valence-electron chi connectivity index (χ3n) is 4.74. The van der Waals surface area contributed by atoms with Crippen LogP contribution in [0.15, 0.2) is 18.2 Å². The number of carbonyl (C=O) groups is 1. The number of hydrogen-bond donors (Lipinski definition) is 2. The maximum atomic E-state index is 12.7. The van der Waals surface area contributed by atoms with E-state index < -0.39 is 0 Å². The van der Waals surface area contributed by atoms with Gasteiger partial charge in [0.05, 0.1) is 11.3 Å². The maximum Gasteiger partial charge on any atom is 0.255 e. The normalized spacial score (nSPS) is 18.3. The van der Waals surface area contributed by atoms with Crippen molar-refractivity contribution in [2.75, 3.05) is 12.5 Å². The van der Waals surface area contributed by atoms with E-state index in [4.69, 9.17) is 5.84 Å². The molecule has 1 aliphatic carbocycles. The van der Waals surface area contributed by atoms with Gasteiger partial charge in [0.1, 0.15) is 0 Å². The summed E-state index contributed by atoms with van der Waals surface area (Å²) in [5.74, 6) is 5.60. The second-order valence-corrected chi connectivity index (χ2v) is 7.00. The van der Waals surface area contributed by atoms with Gasteiger partial charge >= 0.3 is 0 Å². The lowest BCUT2D eigenvalue weighted by molar-refractivity contribution is 0.0636. The second kappa shape index (κ2) is 6.06. The summed E-state index contributed by atoms with van der Waals surface area (Å²) < 4.78 is 0. The Kier molecular flexibility index (Phi) is 4.57. The standard InChI is InChI=1S/C17H27N3O/c1-12-5-6-14(15(11-12)19-18)16(21)20(4)13-7-9-17(2,3)10-8-13/h5-6,11,13,19H,7-10,18H2,1-4H3. The number of nitrogens with one attached hydrogen (secondary N) is 1. The fourth-order valence-electron chi connectivity index (χ4n) is 3.09. The number of aryl methyl sites for hydroxylation is 1. The lowest BCUT2D eigenvalue weighted by atomic mass is 9.75. The lowest BCUT2D eigenvalue weighted by Gasteiger charge is -2.38. The number of amides is 1. The average molecular weight is 289 g/mol. The molecule has 1 fully saturated rings. The minimum atomic E-state index is 0.0488. The number of nitrogen functional groups attached to an aromatic ring is 1. The quantitative estimate of drug-likeness (QED) is 0.663. The first-order chi connectivity index (χ1) is 9.84. The highest BCUT2D eigenvalue weighted by Gasteiger charge is 2.31. The van der Waals surface area contributed by atoms with Gasteiger partial charge in [-0.25, -0.2) is 0 Å². The van der Waals surface area contributed by atoms with Crippen LogP contribution in [0.4, 0.5) is 5.69 Å². The first-order valence-electron chi connectivity index (χ1n) is 7.68. The molecule has 116 valence electrons. The fourth-order valence-corrected chi connectivity index (χ4v) is 3.09. The Bertz CT molecular complexity index is 515. The maximum absolute atomic E-state index is 12.7. The number of rotatable bonds is 3. The van der Waals surface area contributed by atoms with Crippen molar-refractivity contribution in [2.24, 2.45) is 11.3 Å². The summed E-state index contributed by atoms with van der Waals surface area (Å²) in [6.45, 7) is 6.60. The molecule has 0 saturated heterocycles. The van der Waals surface area contributed by atoms with Crippen molar-refractivity contribution < 1.29 is 4.79 Å². The van der Waals surface area contributed by atoms with Crippen molar-refractivity contribution in [1.29, 1.82) is 0 Å². The summed E-state index contributed by atoms with van der Waals surface area (Å²) in [6.07, 6.45) is 4.50. The molecule has 2 rings (SSSR count). The molecule has 4 heteroatoms. The van der Waals surface area contributed by atoms with Crippen molar-refractivity contribution in [3.63, 3.8) is 0 Å². The average Bonchev–Trinajstić information content (AvgIpc) is 2.45. The molecule has 0 spiro atoms. The molecule has 1 aliphatic rings. The van der Waals surface area contributed by atoms with Crippen molar-refractivity contribution in [1.82, 2.24) is 4.90 Å². The fraction of sp³-hybridized carbons (Fsp3) is 0.588. The number of nitrogens with zero attached hydrogens (tertiary/aromatic N) is 1. The second-order valence-electron chi connectivity index (χ2n) is 7.00. The van der Waals surface area contributed by atoms with E-state index in [2.05, 4.69) is 19.3 Å². The van der Waals surface area contributed by atoms with Crippen molar-refractivity contribution in [3.05, 3.63) is 29.3 Å². The van der Waals surface area contributed by atoms with Crippen LogP contribution in [0.2, 0.25) is 0 Å². The highest BCUT2D eigenvalue weighted by molar-refractivity contribution is 5.99. The van der Waals surface area contributed by atoms with Crippen LogP contribution in [-0.4, -0.2) is 23.9 Å². The lowest BCUT2D eigenvalue weighted by Crippen LogP contribution is -2.41. The molecule has 1 amide bonds. The third-order valence-corrected chi connectivity index (χ3v) is 4.74. The van der Waals surface area contributed by atoms with Crippen molar-refractivity contribution >= 4 is 11.6 Å². The zero-order valence-electron chi connectivity index (χ0n) is 13.6. The van der Waals surface area contributed by atoms with Crippen molar-refractivity contribution in [3.8, 4) is 0 Å². The van der Waals surface area contributed by atoms with Gasteiger partial charge in [-0.15, -0.1) is 0 Å². The summed E-state index contributed by atoms with van der Waals surface area (Å²) in [4.78, 5) is 14.6. The first kappa shape index (κ1) is 15.8.